The van der Waals surface area contributed by atoms with Crippen LogP contribution in [0, 0.1) is 0 Å². The van der Waals surface area contributed by atoms with Crippen molar-refractivity contribution in [1.29, 1.82) is 0 Å². The van der Waals surface area contributed by atoms with Crippen molar-refractivity contribution in [2.45, 2.75) is 25.9 Å². The van der Waals surface area contributed by atoms with Gasteiger partial charge < -0.3 is 15.5 Å². The van der Waals surface area contributed by atoms with Crippen molar-refractivity contribution >= 4 is 35.0 Å². The molecule has 1 aromatic rings. The molecule has 0 aliphatic carbocycles. The molecule has 7 heteroatoms. The highest BCUT2D eigenvalue weighted by molar-refractivity contribution is 6.43. The topological polar surface area (TPSA) is 61.4 Å². The van der Waals surface area contributed by atoms with Gasteiger partial charge in [-0.1, -0.05) is 29.3 Å². The van der Waals surface area contributed by atoms with Crippen LogP contribution in [0.25, 0.3) is 0 Å². The molecular weight excluding hydrogens is 325 g/mol. The van der Waals surface area contributed by atoms with Gasteiger partial charge in [0.25, 0.3) is 5.91 Å². The molecule has 0 bridgehead atoms. The van der Waals surface area contributed by atoms with Crippen molar-refractivity contribution in [3.63, 3.8) is 0 Å². The largest absolute Gasteiger partial charge is 0.353 e. The normalized spacial score (nSPS) is 13.6. The van der Waals surface area contributed by atoms with Gasteiger partial charge in [-0.2, -0.15) is 0 Å². The van der Waals surface area contributed by atoms with Gasteiger partial charge in [-0.15, -0.1) is 0 Å². The number of carbonyl (C=O) groups excluding carboxylic acids is 2. The molecule has 0 radical (unpaired) electrons. The number of amides is 2. The SMILES string of the molecule is C[C@H](CNC(=O)[C@@H](C)NC(=O)c1cccc(Cl)c1Cl)N(C)C. The first kappa shape index (κ1) is 18.7. The zero-order chi connectivity index (χ0) is 16.9. The highest BCUT2D eigenvalue weighted by Gasteiger charge is 2.19. The predicted molar refractivity (Wildman–Crippen MR) is 89.5 cm³/mol. The standard InChI is InChI=1S/C15H21Cl2N3O2/c1-9(20(3)4)8-18-14(21)10(2)19-15(22)11-6-5-7-12(16)13(11)17/h5-7,9-10H,8H2,1-4H3,(H,18,21)(H,19,22)/t9-,10-/m1/s1. The van der Waals surface area contributed by atoms with Gasteiger partial charge in [0.15, 0.2) is 0 Å². The zero-order valence-corrected chi connectivity index (χ0v) is 14.6. The van der Waals surface area contributed by atoms with Gasteiger partial charge in [0.05, 0.1) is 15.6 Å². The Morgan fingerprint density at radius 2 is 1.86 bits per heavy atom. The molecule has 0 unspecified atom stereocenters. The van der Waals surface area contributed by atoms with Crippen molar-refractivity contribution in [2.75, 3.05) is 20.6 Å². The lowest BCUT2D eigenvalue weighted by Crippen LogP contribution is -2.48. The third-order valence-electron chi connectivity index (χ3n) is 3.39. The van der Waals surface area contributed by atoms with E-state index in [-0.39, 0.29) is 22.5 Å². The summed E-state index contributed by atoms with van der Waals surface area (Å²) in [4.78, 5) is 26.1. The van der Waals surface area contributed by atoms with E-state index in [2.05, 4.69) is 10.6 Å². The van der Waals surface area contributed by atoms with Crippen LogP contribution in [0.15, 0.2) is 18.2 Å². The maximum Gasteiger partial charge on any atom is 0.253 e. The van der Waals surface area contributed by atoms with Crippen LogP contribution in [0.5, 0.6) is 0 Å². The molecule has 0 aliphatic heterocycles. The molecule has 0 aliphatic rings. The molecule has 2 atom stereocenters. The van der Waals surface area contributed by atoms with Crippen LogP contribution in [-0.2, 0) is 4.79 Å². The van der Waals surface area contributed by atoms with E-state index in [1.807, 2.05) is 25.9 Å². The fourth-order valence-electron chi connectivity index (χ4n) is 1.60. The van der Waals surface area contributed by atoms with Crippen LogP contribution in [0.2, 0.25) is 10.0 Å². The van der Waals surface area contributed by atoms with E-state index in [4.69, 9.17) is 23.2 Å². The van der Waals surface area contributed by atoms with E-state index in [1.165, 1.54) is 0 Å². The highest BCUT2D eigenvalue weighted by atomic mass is 35.5. The molecule has 0 spiro atoms. The summed E-state index contributed by atoms with van der Waals surface area (Å²) in [5, 5.41) is 5.88. The quantitative estimate of drug-likeness (QED) is 0.830. The summed E-state index contributed by atoms with van der Waals surface area (Å²) < 4.78 is 0. The molecule has 2 N–H and O–H groups in total. The third-order valence-corrected chi connectivity index (χ3v) is 4.21. The van der Waals surface area contributed by atoms with E-state index in [9.17, 15) is 9.59 Å². The number of hydrogen-bond acceptors (Lipinski definition) is 3. The van der Waals surface area contributed by atoms with Crippen LogP contribution in [-0.4, -0.2) is 49.4 Å². The van der Waals surface area contributed by atoms with Crippen molar-refractivity contribution in [1.82, 2.24) is 15.5 Å². The fraction of sp³-hybridized carbons (Fsp3) is 0.467. The maximum atomic E-state index is 12.1. The third kappa shape index (κ3) is 5.16. The number of nitrogens with zero attached hydrogens (tertiary/aromatic N) is 1. The Hall–Kier alpha value is -1.30. The van der Waals surface area contributed by atoms with Crippen molar-refractivity contribution < 1.29 is 9.59 Å². The second-order valence-electron chi connectivity index (χ2n) is 5.35. The van der Waals surface area contributed by atoms with E-state index >= 15 is 0 Å². The van der Waals surface area contributed by atoms with Crippen molar-refractivity contribution in [3.8, 4) is 0 Å². The van der Waals surface area contributed by atoms with E-state index in [0.29, 0.717) is 11.6 Å². The fourth-order valence-corrected chi connectivity index (χ4v) is 1.99. The molecule has 5 nitrogen and oxygen atoms in total. The Balaban J connectivity index is 2.60. The minimum Gasteiger partial charge on any atom is -0.353 e. The van der Waals surface area contributed by atoms with Gasteiger partial charge in [0, 0.05) is 12.6 Å². The number of benzene rings is 1. The minimum atomic E-state index is -0.670. The summed E-state index contributed by atoms with van der Waals surface area (Å²) in [6.45, 7) is 4.12. The average molecular weight is 346 g/mol. The molecule has 0 saturated carbocycles. The van der Waals surface area contributed by atoms with Crippen LogP contribution in [0.4, 0.5) is 0 Å². The molecule has 22 heavy (non-hydrogen) atoms. The second-order valence-corrected chi connectivity index (χ2v) is 6.14. The Morgan fingerprint density at radius 1 is 1.23 bits per heavy atom. The van der Waals surface area contributed by atoms with E-state index < -0.39 is 11.9 Å². The second kappa shape index (κ2) is 8.36. The zero-order valence-electron chi connectivity index (χ0n) is 13.1. The lowest BCUT2D eigenvalue weighted by molar-refractivity contribution is -0.122. The van der Waals surface area contributed by atoms with E-state index in [1.54, 1.807) is 25.1 Å². The van der Waals surface area contributed by atoms with Gasteiger partial charge in [0.2, 0.25) is 5.91 Å². The summed E-state index contributed by atoms with van der Waals surface area (Å²) in [7, 11) is 3.87. The minimum absolute atomic E-state index is 0.176. The summed E-state index contributed by atoms with van der Waals surface area (Å²) in [5.74, 6) is -0.684. The summed E-state index contributed by atoms with van der Waals surface area (Å²) in [5.41, 5.74) is 0.246. The first-order valence-electron chi connectivity index (χ1n) is 6.93. The Bertz CT molecular complexity index is 550. The molecule has 122 valence electrons. The first-order chi connectivity index (χ1) is 10.2. The van der Waals surface area contributed by atoms with Crippen LogP contribution >= 0.6 is 23.2 Å². The van der Waals surface area contributed by atoms with Crippen molar-refractivity contribution in [3.05, 3.63) is 33.8 Å². The Labute approximate surface area is 141 Å². The van der Waals surface area contributed by atoms with Crippen LogP contribution < -0.4 is 10.6 Å². The number of hydrogen-bond donors (Lipinski definition) is 2. The summed E-state index contributed by atoms with van der Waals surface area (Å²) >= 11 is 11.9. The molecule has 0 fully saturated rings. The van der Waals surface area contributed by atoms with Gasteiger partial charge in [-0.25, -0.2) is 0 Å². The van der Waals surface area contributed by atoms with Crippen molar-refractivity contribution in [2.24, 2.45) is 0 Å². The number of nitrogens with one attached hydrogen (secondary N) is 2. The summed E-state index contributed by atoms with van der Waals surface area (Å²) in [6.07, 6.45) is 0. The van der Waals surface area contributed by atoms with Gasteiger partial charge >= 0.3 is 0 Å². The van der Waals surface area contributed by atoms with E-state index in [0.717, 1.165) is 0 Å². The molecule has 0 saturated heterocycles. The molecule has 1 rings (SSSR count). The first-order valence-corrected chi connectivity index (χ1v) is 7.68. The smallest absolute Gasteiger partial charge is 0.253 e. The van der Waals surface area contributed by atoms with Gasteiger partial charge in [0.1, 0.15) is 6.04 Å². The number of rotatable bonds is 6. The number of carbonyl (C=O) groups is 2. The molecule has 2 amide bonds. The number of likely N-dealkylation sites (N-methyl/N-ethyl adjacent to an activating group) is 1. The molecule has 0 heterocycles. The highest BCUT2D eigenvalue weighted by Crippen LogP contribution is 2.25. The molecule has 0 aromatic heterocycles. The van der Waals surface area contributed by atoms with Gasteiger partial charge in [-0.3, -0.25) is 9.59 Å². The maximum absolute atomic E-state index is 12.1. The number of halogens is 2. The molecule has 1 aromatic carbocycles. The monoisotopic (exact) mass is 345 g/mol. The lowest BCUT2D eigenvalue weighted by atomic mass is 10.2. The van der Waals surface area contributed by atoms with Gasteiger partial charge in [-0.05, 0) is 40.1 Å². The average Bonchev–Trinajstić information content (AvgIpc) is 2.46. The lowest BCUT2D eigenvalue weighted by Gasteiger charge is -2.21. The predicted octanol–water partition coefficient (Wildman–Crippen LogP) is 2.18. The Morgan fingerprint density at radius 3 is 2.45 bits per heavy atom. The van der Waals surface area contributed by atoms with Crippen LogP contribution in [0.1, 0.15) is 24.2 Å². The molecular formula is C15H21Cl2N3O2. The van der Waals surface area contributed by atoms with Crippen LogP contribution in [0.3, 0.4) is 0 Å². The Kier molecular flexibility index (Phi) is 7.13. The summed E-state index contributed by atoms with van der Waals surface area (Å²) in [6, 6.07) is 4.32.